The summed E-state index contributed by atoms with van der Waals surface area (Å²) in [6, 6.07) is 2.71. The third kappa shape index (κ3) is 2.06. The van der Waals surface area contributed by atoms with Gasteiger partial charge in [-0.2, -0.15) is 0 Å². The van der Waals surface area contributed by atoms with E-state index in [1.165, 1.54) is 23.1 Å². The van der Waals surface area contributed by atoms with Gasteiger partial charge in [0.25, 0.3) is 0 Å². The minimum absolute atomic E-state index is 0.0777. The summed E-state index contributed by atoms with van der Waals surface area (Å²) in [4.78, 5) is 25.1. The van der Waals surface area contributed by atoms with Crippen molar-refractivity contribution in [3.63, 3.8) is 0 Å². The number of hydrogen-bond acceptors (Lipinski definition) is 2. The molecule has 1 aliphatic heterocycles. The number of halogens is 2. The predicted octanol–water partition coefficient (Wildman–Crippen LogP) is 1.72. The molecule has 0 aromatic heterocycles. The Hall–Kier alpha value is -1.62. The summed E-state index contributed by atoms with van der Waals surface area (Å²) in [6.45, 7) is 3.21. The van der Waals surface area contributed by atoms with Crippen LogP contribution in [0.1, 0.15) is 13.8 Å². The Bertz CT molecular complexity index is 521. The van der Waals surface area contributed by atoms with Crippen LogP contribution in [0.4, 0.5) is 10.1 Å². The molecule has 1 N–H and O–H groups in total. The molecule has 2 unspecified atom stereocenters. The number of piperazine rings is 1. The Kier molecular flexibility index (Phi) is 3.26. The molecule has 0 spiro atoms. The van der Waals surface area contributed by atoms with E-state index in [4.69, 9.17) is 11.6 Å². The summed E-state index contributed by atoms with van der Waals surface area (Å²) in [5.41, 5.74) is 0.417. The molecular weight excluding hydrogens is 259 g/mol. The summed E-state index contributed by atoms with van der Waals surface area (Å²) in [5.74, 6) is -1.05. The van der Waals surface area contributed by atoms with Gasteiger partial charge in [0.2, 0.25) is 11.8 Å². The van der Waals surface area contributed by atoms with Crippen LogP contribution in [-0.4, -0.2) is 23.9 Å². The molecular formula is C12H12ClFN2O2. The van der Waals surface area contributed by atoms with Gasteiger partial charge in [-0.05, 0) is 32.0 Å². The maximum absolute atomic E-state index is 13.1. The number of carbonyl (C=O) groups is 2. The smallest absolute Gasteiger partial charge is 0.250 e. The highest BCUT2D eigenvalue weighted by Crippen LogP contribution is 2.26. The predicted molar refractivity (Wildman–Crippen MR) is 66.0 cm³/mol. The maximum atomic E-state index is 13.1. The van der Waals surface area contributed by atoms with Crippen LogP contribution < -0.4 is 10.2 Å². The molecule has 2 atom stereocenters. The summed E-state index contributed by atoms with van der Waals surface area (Å²) in [5, 5.41) is 2.49. The van der Waals surface area contributed by atoms with Gasteiger partial charge in [-0.1, -0.05) is 11.6 Å². The zero-order valence-electron chi connectivity index (χ0n) is 9.91. The molecule has 2 rings (SSSR count). The average molecular weight is 271 g/mol. The van der Waals surface area contributed by atoms with Crippen LogP contribution in [0.15, 0.2) is 18.2 Å². The zero-order valence-corrected chi connectivity index (χ0v) is 10.7. The van der Waals surface area contributed by atoms with Crippen molar-refractivity contribution < 1.29 is 14.0 Å². The number of nitrogens with one attached hydrogen (secondary N) is 1. The van der Waals surface area contributed by atoms with Crippen LogP contribution in [0, 0.1) is 5.82 Å². The monoisotopic (exact) mass is 270 g/mol. The van der Waals surface area contributed by atoms with Crippen molar-refractivity contribution in [2.24, 2.45) is 0 Å². The van der Waals surface area contributed by atoms with E-state index in [1.807, 2.05) is 0 Å². The molecule has 0 radical (unpaired) electrons. The van der Waals surface area contributed by atoms with Gasteiger partial charge in [-0.25, -0.2) is 4.39 Å². The molecule has 0 aliphatic carbocycles. The Morgan fingerprint density at radius 2 is 2.00 bits per heavy atom. The lowest BCUT2D eigenvalue weighted by atomic mass is 10.1. The molecule has 18 heavy (non-hydrogen) atoms. The van der Waals surface area contributed by atoms with E-state index in [-0.39, 0.29) is 16.8 Å². The van der Waals surface area contributed by atoms with E-state index in [9.17, 15) is 14.0 Å². The SMILES string of the molecule is CC1NC(=O)C(C)N(c2ccc(F)c(Cl)c2)C1=O. The van der Waals surface area contributed by atoms with Gasteiger partial charge in [0.15, 0.2) is 0 Å². The second-order valence-electron chi connectivity index (χ2n) is 4.21. The van der Waals surface area contributed by atoms with Crippen molar-refractivity contribution in [3.05, 3.63) is 29.0 Å². The van der Waals surface area contributed by atoms with Crippen molar-refractivity contribution >= 4 is 29.1 Å². The highest BCUT2D eigenvalue weighted by Gasteiger charge is 2.36. The lowest BCUT2D eigenvalue weighted by Crippen LogP contribution is -2.61. The first-order chi connectivity index (χ1) is 8.41. The third-order valence-electron chi connectivity index (χ3n) is 2.91. The van der Waals surface area contributed by atoms with E-state index in [0.29, 0.717) is 5.69 Å². The van der Waals surface area contributed by atoms with Gasteiger partial charge in [0, 0.05) is 5.69 Å². The Balaban J connectivity index is 2.43. The van der Waals surface area contributed by atoms with E-state index >= 15 is 0 Å². The third-order valence-corrected chi connectivity index (χ3v) is 3.20. The second-order valence-corrected chi connectivity index (χ2v) is 4.62. The molecule has 2 amide bonds. The number of amides is 2. The molecule has 1 aromatic carbocycles. The van der Waals surface area contributed by atoms with Crippen molar-refractivity contribution in [2.75, 3.05) is 4.90 Å². The van der Waals surface area contributed by atoms with Crippen molar-refractivity contribution in [2.45, 2.75) is 25.9 Å². The normalized spacial score (nSPS) is 24.1. The molecule has 6 heteroatoms. The van der Waals surface area contributed by atoms with Gasteiger partial charge in [0.05, 0.1) is 5.02 Å². The molecule has 1 fully saturated rings. The van der Waals surface area contributed by atoms with Crippen LogP contribution in [-0.2, 0) is 9.59 Å². The first-order valence-electron chi connectivity index (χ1n) is 5.50. The fourth-order valence-corrected chi connectivity index (χ4v) is 2.07. The average Bonchev–Trinajstić information content (AvgIpc) is 2.31. The van der Waals surface area contributed by atoms with Gasteiger partial charge in [-0.3, -0.25) is 14.5 Å². The van der Waals surface area contributed by atoms with Gasteiger partial charge >= 0.3 is 0 Å². The number of benzene rings is 1. The molecule has 4 nitrogen and oxygen atoms in total. The number of carbonyl (C=O) groups excluding carboxylic acids is 2. The van der Waals surface area contributed by atoms with Crippen molar-refractivity contribution in [3.8, 4) is 0 Å². The maximum Gasteiger partial charge on any atom is 0.250 e. The van der Waals surface area contributed by atoms with Gasteiger partial charge in [-0.15, -0.1) is 0 Å². The summed E-state index contributed by atoms with van der Waals surface area (Å²) in [7, 11) is 0. The molecule has 0 saturated carbocycles. The van der Waals surface area contributed by atoms with E-state index < -0.39 is 17.9 Å². The van der Waals surface area contributed by atoms with Crippen molar-refractivity contribution in [1.29, 1.82) is 0 Å². The van der Waals surface area contributed by atoms with Crippen LogP contribution in [0.25, 0.3) is 0 Å². The van der Waals surface area contributed by atoms with Crippen LogP contribution in [0.5, 0.6) is 0 Å². The first kappa shape index (κ1) is 12.8. The molecule has 1 saturated heterocycles. The van der Waals surface area contributed by atoms with Gasteiger partial charge in [0.1, 0.15) is 17.9 Å². The number of hydrogen-bond donors (Lipinski definition) is 1. The fraction of sp³-hybridized carbons (Fsp3) is 0.333. The summed E-state index contributed by atoms with van der Waals surface area (Å²) >= 11 is 5.69. The molecule has 0 bridgehead atoms. The highest BCUT2D eigenvalue weighted by molar-refractivity contribution is 6.31. The van der Waals surface area contributed by atoms with E-state index in [2.05, 4.69) is 5.32 Å². The van der Waals surface area contributed by atoms with Crippen molar-refractivity contribution in [1.82, 2.24) is 5.32 Å². The lowest BCUT2D eigenvalue weighted by molar-refractivity contribution is -0.133. The Labute approximate surface area is 109 Å². The molecule has 1 aliphatic rings. The van der Waals surface area contributed by atoms with Crippen LogP contribution in [0.2, 0.25) is 5.02 Å². The summed E-state index contributed by atoms with van der Waals surface area (Å²) in [6.07, 6.45) is 0. The largest absolute Gasteiger partial charge is 0.343 e. The van der Waals surface area contributed by atoms with Gasteiger partial charge < -0.3 is 5.32 Å². The first-order valence-corrected chi connectivity index (χ1v) is 5.88. The second kappa shape index (κ2) is 4.57. The highest BCUT2D eigenvalue weighted by atomic mass is 35.5. The number of rotatable bonds is 1. The number of nitrogens with zero attached hydrogens (tertiary/aromatic N) is 1. The van der Waals surface area contributed by atoms with Crippen LogP contribution >= 0.6 is 11.6 Å². The number of anilines is 1. The Morgan fingerprint density at radius 3 is 2.61 bits per heavy atom. The molecule has 96 valence electrons. The molecule has 1 aromatic rings. The molecule has 1 heterocycles. The topological polar surface area (TPSA) is 49.4 Å². The van der Waals surface area contributed by atoms with E-state index in [1.54, 1.807) is 13.8 Å². The Morgan fingerprint density at radius 1 is 1.33 bits per heavy atom. The van der Waals surface area contributed by atoms with Crippen LogP contribution in [0.3, 0.4) is 0 Å². The minimum Gasteiger partial charge on any atom is -0.343 e. The fourth-order valence-electron chi connectivity index (χ4n) is 1.90. The van der Waals surface area contributed by atoms with E-state index in [0.717, 1.165) is 0 Å². The zero-order chi connectivity index (χ0) is 13.4. The summed E-state index contributed by atoms with van der Waals surface area (Å²) < 4.78 is 13.1. The lowest BCUT2D eigenvalue weighted by Gasteiger charge is -2.36. The standard InChI is InChI=1S/C12H12ClFN2O2/c1-6-12(18)16(7(2)11(17)15-6)8-3-4-10(14)9(13)5-8/h3-7H,1-2H3,(H,15,17). The minimum atomic E-state index is -0.643. The quantitative estimate of drug-likeness (QED) is 0.845.